The number of carboxylic acids is 1. The van der Waals surface area contributed by atoms with Gasteiger partial charge in [-0.2, -0.15) is 0 Å². The quantitative estimate of drug-likeness (QED) is 0.635. The Balaban J connectivity index is 3.03. The summed E-state index contributed by atoms with van der Waals surface area (Å²) < 4.78 is 10.4. The zero-order valence-electron chi connectivity index (χ0n) is 16.6. The van der Waals surface area contributed by atoms with Gasteiger partial charge in [-0.25, -0.2) is 0 Å². The van der Waals surface area contributed by atoms with Gasteiger partial charge in [-0.3, -0.25) is 14.4 Å². The third kappa shape index (κ3) is 6.47. The summed E-state index contributed by atoms with van der Waals surface area (Å²) >= 11 is 0. The molecule has 0 saturated carbocycles. The van der Waals surface area contributed by atoms with Crippen LogP contribution in [0.4, 0.5) is 0 Å². The molecular weight excluding hydrogens is 352 g/mol. The molecule has 2 amide bonds. The molecule has 0 aliphatic heterocycles. The van der Waals surface area contributed by atoms with Gasteiger partial charge < -0.3 is 25.2 Å². The van der Waals surface area contributed by atoms with Crippen molar-refractivity contribution in [3.05, 3.63) is 23.8 Å². The number of amides is 2. The molecule has 0 saturated heterocycles. The van der Waals surface area contributed by atoms with Crippen LogP contribution in [0.1, 0.15) is 45.7 Å². The Hall–Kier alpha value is -2.77. The third-order valence-corrected chi connectivity index (χ3v) is 3.93. The molecule has 0 aliphatic carbocycles. The number of hydrogen-bond donors (Lipinski definition) is 3. The lowest BCUT2D eigenvalue weighted by molar-refractivity contribution is -0.138. The lowest BCUT2D eigenvalue weighted by Crippen LogP contribution is -2.49. The number of benzene rings is 1. The maximum Gasteiger partial charge on any atom is 0.305 e. The molecule has 0 bridgehead atoms. The summed E-state index contributed by atoms with van der Waals surface area (Å²) in [6.07, 6.45) is -0.339. The van der Waals surface area contributed by atoms with Gasteiger partial charge in [-0.1, -0.05) is 20.8 Å². The van der Waals surface area contributed by atoms with E-state index >= 15 is 0 Å². The van der Waals surface area contributed by atoms with Crippen molar-refractivity contribution < 1.29 is 29.0 Å². The van der Waals surface area contributed by atoms with Crippen molar-refractivity contribution in [2.45, 2.75) is 46.2 Å². The van der Waals surface area contributed by atoms with E-state index in [9.17, 15) is 19.5 Å². The van der Waals surface area contributed by atoms with E-state index in [-0.39, 0.29) is 12.3 Å². The van der Waals surface area contributed by atoms with Crippen LogP contribution in [0, 0.1) is 5.41 Å². The summed E-state index contributed by atoms with van der Waals surface area (Å²) in [5.74, 6) is -0.905. The Bertz CT molecular complexity index is 696. The van der Waals surface area contributed by atoms with Crippen LogP contribution in [0.25, 0.3) is 0 Å². The van der Waals surface area contributed by atoms with Gasteiger partial charge in [0.15, 0.2) is 0 Å². The third-order valence-electron chi connectivity index (χ3n) is 3.93. The first-order chi connectivity index (χ1) is 12.5. The van der Waals surface area contributed by atoms with Crippen LogP contribution < -0.4 is 20.1 Å². The Morgan fingerprint density at radius 1 is 1.11 bits per heavy atom. The minimum atomic E-state index is -1.08. The van der Waals surface area contributed by atoms with Crippen molar-refractivity contribution in [2.24, 2.45) is 5.41 Å². The van der Waals surface area contributed by atoms with Crippen molar-refractivity contribution in [1.29, 1.82) is 0 Å². The van der Waals surface area contributed by atoms with Crippen LogP contribution in [0.2, 0.25) is 0 Å². The zero-order chi connectivity index (χ0) is 20.8. The van der Waals surface area contributed by atoms with E-state index in [1.54, 1.807) is 45.9 Å². The van der Waals surface area contributed by atoms with E-state index in [2.05, 4.69) is 10.6 Å². The van der Waals surface area contributed by atoms with Gasteiger partial charge in [0, 0.05) is 17.0 Å². The molecule has 0 fully saturated rings. The molecule has 1 rings (SSSR count). The second-order valence-electron chi connectivity index (χ2n) is 7.21. The normalized spacial score (nSPS) is 13.3. The Kier molecular flexibility index (Phi) is 7.63. The van der Waals surface area contributed by atoms with Gasteiger partial charge in [-0.15, -0.1) is 0 Å². The molecule has 0 aliphatic rings. The fraction of sp³-hybridized carbons (Fsp3) is 0.526. The van der Waals surface area contributed by atoms with Gasteiger partial charge >= 0.3 is 5.97 Å². The molecule has 1 aromatic rings. The molecule has 0 radical (unpaired) electrons. The largest absolute Gasteiger partial charge is 0.497 e. The molecule has 8 nitrogen and oxygen atoms in total. The number of carbonyl (C=O) groups excluding carboxylic acids is 2. The predicted molar refractivity (Wildman–Crippen MR) is 99.7 cm³/mol. The van der Waals surface area contributed by atoms with Crippen LogP contribution in [-0.2, 0) is 14.4 Å². The average Bonchev–Trinajstić information content (AvgIpc) is 2.59. The van der Waals surface area contributed by atoms with Crippen LogP contribution >= 0.6 is 0 Å². The lowest BCUT2D eigenvalue weighted by Gasteiger charge is -2.25. The number of aliphatic carboxylic acids is 1. The number of carbonyl (C=O) groups is 3. The number of hydrogen-bond acceptors (Lipinski definition) is 5. The van der Waals surface area contributed by atoms with E-state index < -0.39 is 29.4 Å². The van der Waals surface area contributed by atoms with Gasteiger partial charge in [0.2, 0.25) is 11.8 Å². The molecule has 0 heterocycles. The van der Waals surface area contributed by atoms with Crippen molar-refractivity contribution in [1.82, 2.24) is 10.6 Å². The fourth-order valence-corrected chi connectivity index (χ4v) is 2.30. The minimum absolute atomic E-state index is 0.276. The predicted octanol–water partition coefficient (Wildman–Crippen LogP) is 1.89. The molecule has 8 heteroatoms. The highest BCUT2D eigenvalue weighted by atomic mass is 16.5. The number of rotatable bonds is 8. The SMILES string of the molecule is COc1ccc(C(CC(=O)O)NC(=O)C(C)NC(=O)C(C)(C)C)c(OC)c1. The highest BCUT2D eigenvalue weighted by Crippen LogP contribution is 2.31. The first-order valence-corrected chi connectivity index (χ1v) is 8.54. The molecule has 2 atom stereocenters. The van der Waals surface area contributed by atoms with Crippen LogP contribution in [0.3, 0.4) is 0 Å². The second kappa shape index (κ2) is 9.25. The van der Waals surface area contributed by atoms with E-state index in [4.69, 9.17) is 9.47 Å². The van der Waals surface area contributed by atoms with Crippen LogP contribution in [0.5, 0.6) is 11.5 Å². The first-order valence-electron chi connectivity index (χ1n) is 8.54. The van der Waals surface area contributed by atoms with Crippen molar-refractivity contribution in [3.63, 3.8) is 0 Å². The summed E-state index contributed by atoms with van der Waals surface area (Å²) in [4.78, 5) is 35.9. The minimum Gasteiger partial charge on any atom is -0.497 e. The highest BCUT2D eigenvalue weighted by molar-refractivity contribution is 5.89. The summed E-state index contributed by atoms with van der Waals surface area (Å²) in [6.45, 7) is 6.76. The Labute approximate surface area is 159 Å². The van der Waals surface area contributed by atoms with Crippen molar-refractivity contribution in [3.8, 4) is 11.5 Å². The standard InChI is InChI=1S/C19H28N2O6/c1-11(20-18(25)19(2,3)4)17(24)21-14(10-16(22)23)13-8-7-12(26-5)9-15(13)27-6/h7-9,11,14H,10H2,1-6H3,(H,20,25)(H,21,24)(H,22,23). The molecule has 3 N–H and O–H groups in total. The lowest BCUT2D eigenvalue weighted by atomic mass is 9.95. The van der Waals surface area contributed by atoms with E-state index in [0.717, 1.165) is 0 Å². The molecule has 0 aromatic heterocycles. The summed E-state index contributed by atoms with van der Waals surface area (Å²) in [7, 11) is 2.95. The number of carboxylic acid groups (broad SMARTS) is 1. The van der Waals surface area contributed by atoms with Gasteiger partial charge in [0.25, 0.3) is 0 Å². The molecule has 150 valence electrons. The summed E-state index contributed by atoms with van der Waals surface area (Å²) in [6, 6.07) is 3.26. The Morgan fingerprint density at radius 3 is 2.22 bits per heavy atom. The van der Waals surface area contributed by atoms with Crippen LogP contribution in [0.15, 0.2) is 18.2 Å². The molecule has 1 aromatic carbocycles. The van der Waals surface area contributed by atoms with Gasteiger partial charge in [-0.05, 0) is 19.1 Å². The number of ether oxygens (including phenoxy) is 2. The molecular formula is C19H28N2O6. The molecule has 2 unspecified atom stereocenters. The Morgan fingerprint density at radius 2 is 1.74 bits per heavy atom. The van der Waals surface area contributed by atoms with Gasteiger partial charge in [0.05, 0.1) is 26.7 Å². The number of methoxy groups -OCH3 is 2. The first kappa shape index (κ1) is 22.3. The van der Waals surface area contributed by atoms with Crippen molar-refractivity contribution >= 4 is 17.8 Å². The zero-order valence-corrected chi connectivity index (χ0v) is 16.6. The molecule has 0 spiro atoms. The molecule has 27 heavy (non-hydrogen) atoms. The smallest absolute Gasteiger partial charge is 0.305 e. The van der Waals surface area contributed by atoms with Crippen molar-refractivity contribution in [2.75, 3.05) is 14.2 Å². The monoisotopic (exact) mass is 380 g/mol. The fourth-order valence-electron chi connectivity index (χ4n) is 2.30. The van der Waals surface area contributed by atoms with Crippen LogP contribution in [-0.4, -0.2) is 43.2 Å². The average molecular weight is 380 g/mol. The summed E-state index contributed by atoms with van der Waals surface area (Å²) in [5, 5.41) is 14.5. The summed E-state index contributed by atoms with van der Waals surface area (Å²) in [5.41, 5.74) is -0.141. The van der Waals surface area contributed by atoms with E-state index in [1.165, 1.54) is 14.2 Å². The second-order valence-corrected chi connectivity index (χ2v) is 7.21. The maximum absolute atomic E-state index is 12.5. The topological polar surface area (TPSA) is 114 Å². The van der Waals surface area contributed by atoms with E-state index in [0.29, 0.717) is 17.1 Å². The van der Waals surface area contributed by atoms with Gasteiger partial charge in [0.1, 0.15) is 17.5 Å². The van der Waals surface area contributed by atoms with E-state index in [1.807, 2.05) is 0 Å². The number of nitrogens with one attached hydrogen (secondary N) is 2. The maximum atomic E-state index is 12.5. The highest BCUT2D eigenvalue weighted by Gasteiger charge is 2.28.